The number of nitrogens with zero attached hydrogens (tertiary/aromatic N) is 2. The van der Waals surface area contributed by atoms with E-state index in [4.69, 9.17) is 0 Å². The third-order valence-corrected chi connectivity index (χ3v) is 12.3. The van der Waals surface area contributed by atoms with Crippen LogP contribution in [0.4, 0.5) is 0 Å². The summed E-state index contributed by atoms with van der Waals surface area (Å²) >= 11 is 0. The van der Waals surface area contributed by atoms with Gasteiger partial charge in [-0.1, -0.05) is 26.0 Å². The smallest absolute Gasteiger partial charge is 0.0346 e. The molecule has 2 heteroatoms. The van der Waals surface area contributed by atoms with Crippen molar-refractivity contribution < 1.29 is 0 Å². The number of rotatable bonds is 2. The van der Waals surface area contributed by atoms with Crippen molar-refractivity contribution in [1.29, 1.82) is 0 Å². The fraction of sp³-hybridized carbons (Fsp3) is 0.727. The number of hydrogen-bond acceptors (Lipinski definition) is 2. The summed E-state index contributed by atoms with van der Waals surface area (Å²) < 4.78 is 0. The molecular weight excluding hydrogens is 424 g/mol. The summed E-state index contributed by atoms with van der Waals surface area (Å²) in [4.78, 5) is 7.10. The molecule has 6 rings (SSSR count). The lowest BCUT2D eigenvalue weighted by Gasteiger charge is -2.62. The van der Waals surface area contributed by atoms with Crippen molar-refractivity contribution in [3.05, 3.63) is 42.2 Å². The lowest BCUT2D eigenvalue weighted by Crippen LogP contribution is -2.56. The highest BCUT2D eigenvalue weighted by atomic mass is 15.2. The van der Waals surface area contributed by atoms with E-state index in [1.807, 2.05) is 6.20 Å². The number of fused-ring (bicyclic) bond motifs is 6. The van der Waals surface area contributed by atoms with Gasteiger partial charge in [0.05, 0.1) is 0 Å². The van der Waals surface area contributed by atoms with Crippen LogP contribution in [-0.4, -0.2) is 28.5 Å². The zero-order valence-electron chi connectivity index (χ0n) is 23.2. The summed E-state index contributed by atoms with van der Waals surface area (Å²) in [6.45, 7) is 12.6. The zero-order chi connectivity index (χ0) is 24.6. The molecule has 8 atom stereocenters. The van der Waals surface area contributed by atoms with Crippen LogP contribution in [0.15, 0.2) is 36.7 Å². The Hall–Kier alpha value is -1.41. The van der Waals surface area contributed by atoms with E-state index in [9.17, 15) is 0 Å². The Morgan fingerprint density at radius 2 is 1.63 bits per heavy atom. The van der Waals surface area contributed by atoms with E-state index >= 15 is 0 Å². The molecule has 4 fully saturated rings. The van der Waals surface area contributed by atoms with Gasteiger partial charge in [-0.25, -0.2) is 0 Å². The maximum Gasteiger partial charge on any atom is 0.0346 e. The molecule has 1 aromatic carbocycles. The highest BCUT2D eigenvalue weighted by Gasteiger charge is 2.60. The number of aromatic nitrogens is 1. The first-order chi connectivity index (χ1) is 16.6. The fourth-order valence-electron chi connectivity index (χ4n) is 10.0. The van der Waals surface area contributed by atoms with Gasteiger partial charge in [-0.15, -0.1) is 0 Å². The SMILES string of the molecule is CN([C@@H]1CC[C@@]2(C)[C@@H](CC[C@@H]3[C@@H]2CC[C@]2(C)[C@@H](c4ccc5ccncc5c4)CC[C@@H]32)C1)C(C)(C)C. The Morgan fingerprint density at radius 3 is 2.43 bits per heavy atom. The first-order valence-electron chi connectivity index (χ1n) is 14.7. The second kappa shape index (κ2) is 8.30. The molecule has 4 aliphatic carbocycles. The normalized spacial score (nSPS) is 41.5. The largest absolute Gasteiger partial charge is 0.299 e. The Balaban J connectivity index is 1.23. The summed E-state index contributed by atoms with van der Waals surface area (Å²) in [6.07, 6.45) is 17.0. The molecule has 2 aromatic rings. The van der Waals surface area contributed by atoms with Crippen molar-refractivity contribution in [2.45, 2.75) is 110 Å². The molecule has 0 N–H and O–H groups in total. The maximum atomic E-state index is 4.41. The minimum absolute atomic E-state index is 0.278. The molecule has 0 spiro atoms. The number of hydrogen-bond donors (Lipinski definition) is 0. The van der Waals surface area contributed by atoms with Gasteiger partial charge in [0, 0.05) is 29.4 Å². The van der Waals surface area contributed by atoms with Crippen LogP contribution in [0.5, 0.6) is 0 Å². The minimum Gasteiger partial charge on any atom is -0.299 e. The molecule has 1 aromatic heterocycles. The molecule has 2 nitrogen and oxygen atoms in total. The summed E-state index contributed by atoms with van der Waals surface area (Å²) in [6, 6.07) is 10.2. The lowest BCUT2D eigenvalue weighted by atomic mass is 9.44. The van der Waals surface area contributed by atoms with E-state index in [0.29, 0.717) is 10.8 Å². The molecule has 0 aliphatic heterocycles. The van der Waals surface area contributed by atoms with Crippen molar-refractivity contribution in [2.24, 2.45) is 34.5 Å². The van der Waals surface area contributed by atoms with Gasteiger partial charge < -0.3 is 0 Å². The maximum absolute atomic E-state index is 4.41. The van der Waals surface area contributed by atoms with Crippen molar-refractivity contribution >= 4 is 10.8 Å². The Kier molecular flexibility index (Phi) is 5.68. The third kappa shape index (κ3) is 3.72. The third-order valence-electron chi connectivity index (χ3n) is 12.3. The van der Waals surface area contributed by atoms with Gasteiger partial charge in [-0.2, -0.15) is 0 Å². The first kappa shape index (κ1) is 24.0. The molecular formula is C33H48N2. The van der Waals surface area contributed by atoms with E-state index < -0.39 is 0 Å². The van der Waals surface area contributed by atoms with E-state index in [0.717, 1.165) is 35.6 Å². The van der Waals surface area contributed by atoms with Crippen LogP contribution in [0.3, 0.4) is 0 Å². The second-order valence-corrected chi connectivity index (χ2v) is 14.5. The number of pyridine rings is 1. The fourth-order valence-corrected chi connectivity index (χ4v) is 10.0. The van der Waals surface area contributed by atoms with Crippen molar-refractivity contribution in [1.82, 2.24) is 9.88 Å². The van der Waals surface area contributed by atoms with E-state index in [1.165, 1.54) is 68.6 Å². The van der Waals surface area contributed by atoms with Gasteiger partial charge in [-0.05, 0) is 149 Å². The molecule has 0 unspecified atom stereocenters. The molecule has 190 valence electrons. The molecule has 4 aliphatic rings. The molecule has 0 amide bonds. The van der Waals surface area contributed by atoms with Gasteiger partial charge in [0.25, 0.3) is 0 Å². The van der Waals surface area contributed by atoms with E-state index in [1.54, 1.807) is 5.56 Å². The van der Waals surface area contributed by atoms with Gasteiger partial charge in [0.1, 0.15) is 0 Å². The second-order valence-electron chi connectivity index (χ2n) is 14.5. The monoisotopic (exact) mass is 472 g/mol. The quantitative estimate of drug-likeness (QED) is 0.436. The van der Waals surface area contributed by atoms with Crippen LogP contribution in [0.25, 0.3) is 10.8 Å². The predicted molar refractivity (Wildman–Crippen MR) is 148 cm³/mol. The van der Waals surface area contributed by atoms with Gasteiger partial charge in [-0.3, -0.25) is 9.88 Å². The van der Waals surface area contributed by atoms with Crippen molar-refractivity contribution in [3.63, 3.8) is 0 Å². The molecule has 4 saturated carbocycles. The molecule has 0 bridgehead atoms. The zero-order valence-corrected chi connectivity index (χ0v) is 23.2. The predicted octanol–water partition coefficient (Wildman–Crippen LogP) is 8.46. The Morgan fingerprint density at radius 1 is 0.857 bits per heavy atom. The Labute approximate surface area is 214 Å². The lowest BCUT2D eigenvalue weighted by molar-refractivity contribution is -0.120. The first-order valence-corrected chi connectivity index (χ1v) is 14.7. The highest BCUT2D eigenvalue weighted by molar-refractivity contribution is 5.82. The molecule has 35 heavy (non-hydrogen) atoms. The molecule has 0 radical (unpaired) electrons. The van der Waals surface area contributed by atoms with Crippen molar-refractivity contribution in [3.8, 4) is 0 Å². The average Bonchev–Trinajstić information content (AvgIpc) is 3.19. The molecule has 1 heterocycles. The summed E-state index contributed by atoms with van der Waals surface area (Å²) in [7, 11) is 2.38. The number of benzene rings is 1. The average molecular weight is 473 g/mol. The Bertz CT molecular complexity index is 1080. The standard InChI is InChI=1S/C33H48N2/c1-31(2,3)35(6)26-13-16-32(4)25(20-26)9-10-27-29-12-11-28(33(29,5)17-14-30(27)32)23-8-7-22-15-18-34-21-24(22)19-23/h7-8,15,18-19,21,25-30H,9-14,16-17,20H2,1-6H3/t25-,26+,27-,28+,29-,30-,32-,33+/m0/s1. The van der Waals surface area contributed by atoms with Crippen LogP contribution < -0.4 is 0 Å². The van der Waals surface area contributed by atoms with E-state index in [2.05, 4.69) is 82.0 Å². The van der Waals surface area contributed by atoms with Crippen LogP contribution in [0, 0.1) is 34.5 Å². The van der Waals surface area contributed by atoms with E-state index in [-0.39, 0.29) is 5.54 Å². The van der Waals surface area contributed by atoms with Crippen LogP contribution in [0.1, 0.15) is 104 Å². The van der Waals surface area contributed by atoms with Gasteiger partial charge >= 0.3 is 0 Å². The minimum atomic E-state index is 0.278. The van der Waals surface area contributed by atoms with Gasteiger partial charge in [0.15, 0.2) is 0 Å². The van der Waals surface area contributed by atoms with Gasteiger partial charge in [0.2, 0.25) is 0 Å². The van der Waals surface area contributed by atoms with Crippen LogP contribution in [0.2, 0.25) is 0 Å². The summed E-state index contributed by atoms with van der Waals surface area (Å²) in [5.74, 6) is 4.49. The summed E-state index contributed by atoms with van der Waals surface area (Å²) in [5.41, 5.74) is 2.91. The van der Waals surface area contributed by atoms with Crippen LogP contribution >= 0.6 is 0 Å². The summed E-state index contributed by atoms with van der Waals surface area (Å²) in [5, 5.41) is 2.64. The topological polar surface area (TPSA) is 16.1 Å². The van der Waals surface area contributed by atoms with Crippen LogP contribution in [-0.2, 0) is 0 Å². The highest BCUT2D eigenvalue weighted by Crippen LogP contribution is 2.69. The van der Waals surface area contributed by atoms with Crippen molar-refractivity contribution in [2.75, 3.05) is 7.05 Å². The molecule has 0 saturated heterocycles.